The molecule has 2 nitrogen and oxygen atoms in total. The van der Waals surface area contributed by atoms with Crippen LogP contribution in [0.2, 0.25) is 0 Å². The van der Waals surface area contributed by atoms with Crippen LogP contribution in [0.25, 0.3) is 0 Å². The maximum Gasteiger partial charge on any atom is 0.0333 e. The molecule has 0 aliphatic rings. The summed E-state index contributed by atoms with van der Waals surface area (Å²) in [7, 11) is 0. The van der Waals surface area contributed by atoms with Gasteiger partial charge in [0, 0.05) is 25.0 Å². The number of hydrogen-bond acceptors (Lipinski definition) is 1. The first kappa shape index (κ1) is 13.3. The number of nitrogens with zero attached hydrogens (tertiary/aromatic N) is 1. The molecule has 1 aromatic heterocycles. The minimum atomic E-state index is 0.169. The molecule has 0 saturated heterocycles. The van der Waals surface area contributed by atoms with Crippen molar-refractivity contribution in [2.24, 2.45) is 17.6 Å². The zero-order valence-corrected chi connectivity index (χ0v) is 11.1. The monoisotopic (exact) mass is 222 g/mol. The van der Waals surface area contributed by atoms with Gasteiger partial charge >= 0.3 is 0 Å². The van der Waals surface area contributed by atoms with Crippen molar-refractivity contribution in [1.82, 2.24) is 4.57 Å². The molecule has 1 rings (SSSR count). The highest BCUT2D eigenvalue weighted by Gasteiger charge is 2.12. The van der Waals surface area contributed by atoms with E-state index in [0.29, 0.717) is 5.92 Å². The Bertz CT molecular complexity index is 297. The average molecular weight is 222 g/mol. The summed E-state index contributed by atoms with van der Waals surface area (Å²) in [6, 6.07) is 2.33. The van der Waals surface area contributed by atoms with Crippen LogP contribution < -0.4 is 5.73 Å². The molecule has 0 aromatic carbocycles. The fraction of sp³-hybridized carbons (Fsp3) is 0.714. The van der Waals surface area contributed by atoms with Crippen LogP contribution in [0.1, 0.15) is 52.1 Å². The summed E-state index contributed by atoms with van der Waals surface area (Å²) in [6.07, 6.45) is 6.87. The Morgan fingerprint density at radius 1 is 1.25 bits per heavy atom. The van der Waals surface area contributed by atoms with E-state index in [1.165, 1.54) is 18.4 Å². The van der Waals surface area contributed by atoms with E-state index in [-0.39, 0.29) is 6.04 Å². The Labute approximate surface area is 99.8 Å². The fourth-order valence-corrected chi connectivity index (χ4v) is 2.00. The maximum atomic E-state index is 6.13. The highest BCUT2D eigenvalue weighted by Crippen LogP contribution is 2.20. The van der Waals surface area contributed by atoms with Gasteiger partial charge in [-0.2, -0.15) is 0 Å². The third kappa shape index (κ3) is 3.38. The lowest BCUT2D eigenvalue weighted by Gasteiger charge is -2.15. The molecule has 2 heteroatoms. The van der Waals surface area contributed by atoms with E-state index >= 15 is 0 Å². The predicted molar refractivity (Wildman–Crippen MR) is 70.3 cm³/mol. The summed E-state index contributed by atoms with van der Waals surface area (Å²) in [5.74, 6) is 1.29. The van der Waals surface area contributed by atoms with Gasteiger partial charge in [-0.1, -0.05) is 40.5 Å². The van der Waals surface area contributed by atoms with Crippen molar-refractivity contribution in [3.8, 4) is 0 Å². The summed E-state index contributed by atoms with van der Waals surface area (Å²) in [4.78, 5) is 0. The van der Waals surface area contributed by atoms with Crippen LogP contribution in [0.15, 0.2) is 18.5 Å². The van der Waals surface area contributed by atoms with E-state index < -0.39 is 0 Å². The first-order valence-electron chi connectivity index (χ1n) is 6.49. The van der Waals surface area contributed by atoms with Gasteiger partial charge in [0.2, 0.25) is 0 Å². The van der Waals surface area contributed by atoms with Crippen molar-refractivity contribution >= 4 is 0 Å². The van der Waals surface area contributed by atoms with Crippen LogP contribution >= 0.6 is 0 Å². The number of rotatable bonds is 6. The molecule has 92 valence electrons. The molecule has 0 spiro atoms. The van der Waals surface area contributed by atoms with E-state index in [1.54, 1.807) is 0 Å². The first-order valence-corrected chi connectivity index (χ1v) is 6.49. The van der Waals surface area contributed by atoms with Gasteiger partial charge in [-0.25, -0.2) is 0 Å². The van der Waals surface area contributed by atoms with Crippen LogP contribution in [0.3, 0.4) is 0 Å². The predicted octanol–water partition coefficient (Wildman–Crippen LogP) is 3.58. The van der Waals surface area contributed by atoms with Crippen LogP contribution in [-0.2, 0) is 6.54 Å². The van der Waals surface area contributed by atoms with E-state index in [4.69, 9.17) is 5.73 Å². The first-order chi connectivity index (χ1) is 7.58. The zero-order chi connectivity index (χ0) is 12.1. The van der Waals surface area contributed by atoms with E-state index in [2.05, 4.69) is 50.7 Å². The molecule has 1 aromatic rings. The van der Waals surface area contributed by atoms with Crippen LogP contribution in [0.5, 0.6) is 0 Å². The Kier molecular flexibility index (Phi) is 5.07. The molecule has 1 unspecified atom stereocenters. The molecule has 0 fully saturated rings. The molecule has 2 N–H and O–H groups in total. The molecular weight excluding hydrogens is 196 g/mol. The largest absolute Gasteiger partial charge is 0.354 e. The molecule has 1 heterocycles. The van der Waals surface area contributed by atoms with Crippen LogP contribution in [0.4, 0.5) is 0 Å². The number of hydrogen-bond donors (Lipinski definition) is 1. The zero-order valence-electron chi connectivity index (χ0n) is 11.1. The van der Waals surface area contributed by atoms with Gasteiger partial charge in [0.25, 0.3) is 0 Å². The highest BCUT2D eigenvalue weighted by atomic mass is 14.9. The lowest BCUT2D eigenvalue weighted by atomic mass is 10.00. The van der Waals surface area contributed by atoms with Crippen LogP contribution in [-0.4, -0.2) is 4.57 Å². The van der Waals surface area contributed by atoms with E-state index in [9.17, 15) is 0 Å². The Morgan fingerprint density at radius 3 is 2.38 bits per heavy atom. The third-order valence-corrected chi connectivity index (χ3v) is 3.50. The molecule has 0 radical (unpaired) electrons. The minimum Gasteiger partial charge on any atom is -0.354 e. The maximum absolute atomic E-state index is 6.13. The topological polar surface area (TPSA) is 30.9 Å². The average Bonchev–Trinajstić information content (AvgIpc) is 2.73. The Balaban J connectivity index is 2.64. The summed E-state index contributed by atoms with van der Waals surface area (Å²) in [5, 5.41) is 0. The van der Waals surface area contributed by atoms with Gasteiger partial charge in [-0.05, 0) is 23.5 Å². The summed E-state index contributed by atoms with van der Waals surface area (Å²) >= 11 is 0. The molecular formula is C14H26N2. The number of aromatic nitrogens is 1. The molecule has 0 aliphatic heterocycles. The van der Waals surface area contributed by atoms with Gasteiger partial charge in [0.05, 0.1) is 0 Å². The quantitative estimate of drug-likeness (QED) is 0.783. The van der Waals surface area contributed by atoms with Gasteiger partial charge in [-0.3, -0.25) is 0 Å². The summed E-state index contributed by atoms with van der Waals surface area (Å²) < 4.78 is 2.29. The van der Waals surface area contributed by atoms with Gasteiger partial charge in [-0.15, -0.1) is 0 Å². The van der Waals surface area contributed by atoms with Crippen molar-refractivity contribution in [2.45, 2.75) is 53.1 Å². The molecule has 0 saturated carbocycles. The van der Waals surface area contributed by atoms with E-state index in [0.717, 1.165) is 12.5 Å². The normalized spacial score (nSPS) is 13.7. The van der Waals surface area contributed by atoms with Crippen LogP contribution in [0, 0.1) is 11.8 Å². The minimum absolute atomic E-state index is 0.169. The SMILES string of the molecule is CCC(CC)Cn1ccc(C(N)C(C)C)c1. The second kappa shape index (κ2) is 6.09. The smallest absolute Gasteiger partial charge is 0.0333 e. The third-order valence-electron chi connectivity index (χ3n) is 3.50. The fourth-order valence-electron chi connectivity index (χ4n) is 2.00. The van der Waals surface area contributed by atoms with Gasteiger partial charge < -0.3 is 10.3 Å². The van der Waals surface area contributed by atoms with Gasteiger partial charge in [0.1, 0.15) is 0 Å². The molecule has 0 amide bonds. The molecule has 0 bridgehead atoms. The standard InChI is InChI=1S/C14H26N2/c1-5-12(6-2)9-16-8-7-13(10-16)14(15)11(3)4/h7-8,10-12,14H,5-6,9,15H2,1-4H3. The van der Waals surface area contributed by atoms with Crippen molar-refractivity contribution < 1.29 is 0 Å². The van der Waals surface area contributed by atoms with Gasteiger partial charge in [0.15, 0.2) is 0 Å². The number of nitrogens with two attached hydrogens (primary N) is 1. The summed E-state index contributed by atoms with van der Waals surface area (Å²) in [6.45, 7) is 9.99. The lowest BCUT2D eigenvalue weighted by Crippen LogP contribution is -2.16. The van der Waals surface area contributed by atoms with Crippen molar-refractivity contribution in [3.05, 3.63) is 24.0 Å². The van der Waals surface area contributed by atoms with Crippen molar-refractivity contribution in [2.75, 3.05) is 0 Å². The molecule has 1 atom stereocenters. The molecule has 0 aliphatic carbocycles. The lowest BCUT2D eigenvalue weighted by molar-refractivity contribution is 0.418. The van der Waals surface area contributed by atoms with Crippen molar-refractivity contribution in [3.63, 3.8) is 0 Å². The Morgan fingerprint density at radius 2 is 1.88 bits per heavy atom. The Hall–Kier alpha value is -0.760. The highest BCUT2D eigenvalue weighted by molar-refractivity contribution is 5.15. The second-order valence-corrected chi connectivity index (χ2v) is 5.09. The molecule has 16 heavy (non-hydrogen) atoms. The van der Waals surface area contributed by atoms with E-state index in [1.807, 2.05) is 0 Å². The van der Waals surface area contributed by atoms with Crippen molar-refractivity contribution in [1.29, 1.82) is 0 Å². The summed E-state index contributed by atoms with van der Waals surface area (Å²) in [5.41, 5.74) is 7.40. The second-order valence-electron chi connectivity index (χ2n) is 5.09.